The van der Waals surface area contributed by atoms with E-state index in [0.29, 0.717) is 32.1 Å². The third-order valence-electron chi connectivity index (χ3n) is 5.24. The summed E-state index contributed by atoms with van der Waals surface area (Å²) in [5.41, 5.74) is 4.66. The summed E-state index contributed by atoms with van der Waals surface area (Å²) in [6.07, 6.45) is 0. The fourth-order valence-corrected chi connectivity index (χ4v) is 3.49. The van der Waals surface area contributed by atoms with E-state index in [4.69, 9.17) is 14.0 Å². The molecule has 0 atom stereocenters. The minimum Gasteiger partial charge on any atom is -0.497 e. The van der Waals surface area contributed by atoms with Crippen LogP contribution in [-0.2, 0) is 16.1 Å². The van der Waals surface area contributed by atoms with Crippen molar-refractivity contribution in [1.29, 1.82) is 0 Å². The van der Waals surface area contributed by atoms with Crippen LogP contribution in [0.2, 0.25) is 0 Å². The highest BCUT2D eigenvalue weighted by atomic mass is 16.5. The summed E-state index contributed by atoms with van der Waals surface area (Å²) in [5.74, 6) is 0.507. The van der Waals surface area contributed by atoms with Gasteiger partial charge in [-0.2, -0.15) is 0 Å². The third kappa shape index (κ3) is 5.97. The Morgan fingerprint density at radius 1 is 1.09 bits per heavy atom. The minimum absolute atomic E-state index is 0.115. The number of nitrogens with one attached hydrogen (secondary N) is 1. The number of nitrogens with zero attached hydrogens (tertiary/aromatic N) is 3. The van der Waals surface area contributed by atoms with Crippen molar-refractivity contribution in [2.24, 2.45) is 0 Å². The van der Waals surface area contributed by atoms with Crippen molar-refractivity contribution in [3.8, 4) is 17.1 Å². The van der Waals surface area contributed by atoms with Crippen molar-refractivity contribution >= 4 is 11.8 Å². The van der Waals surface area contributed by atoms with Gasteiger partial charge in [-0.3, -0.25) is 15.0 Å². The molecule has 0 bridgehead atoms. The fourth-order valence-electron chi connectivity index (χ4n) is 3.49. The zero-order valence-electron chi connectivity index (χ0n) is 18.4. The molecule has 33 heavy (non-hydrogen) atoms. The molecule has 9 nitrogen and oxygen atoms in total. The normalized spacial score (nSPS) is 14.0. The number of morpholine rings is 1. The Bertz CT molecular complexity index is 1060. The van der Waals surface area contributed by atoms with Crippen molar-refractivity contribution in [2.75, 3.05) is 40.0 Å². The molecule has 1 N–H and O–H groups in total. The van der Waals surface area contributed by atoms with Crippen molar-refractivity contribution in [2.45, 2.75) is 6.54 Å². The SMILES string of the molecule is COc1ccc(-c2cc(C(=O)N(CC(=O)NN3CCOCC3)Cc3ccccc3)no2)cc1. The number of aromatic nitrogens is 1. The molecule has 9 heteroatoms. The first-order valence-electron chi connectivity index (χ1n) is 10.7. The number of hydrogen-bond acceptors (Lipinski definition) is 7. The monoisotopic (exact) mass is 450 g/mol. The number of hydrogen-bond donors (Lipinski definition) is 1. The molecule has 172 valence electrons. The smallest absolute Gasteiger partial charge is 0.276 e. The summed E-state index contributed by atoms with van der Waals surface area (Å²) in [4.78, 5) is 27.4. The van der Waals surface area contributed by atoms with E-state index in [2.05, 4.69) is 10.6 Å². The van der Waals surface area contributed by atoms with Crippen LogP contribution < -0.4 is 10.2 Å². The molecule has 0 unspecified atom stereocenters. The van der Waals surface area contributed by atoms with Crippen LogP contribution in [0.3, 0.4) is 0 Å². The number of rotatable bonds is 8. The molecule has 1 aliphatic rings. The molecule has 2 amide bonds. The van der Waals surface area contributed by atoms with Gasteiger partial charge >= 0.3 is 0 Å². The van der Waals surface area contributed by atoms with E-state index in [1.54, 1.807) is 30.3 Å². The summed E-state index contributed by atoms with van der Waals surface area (Å²) >= 11 is 0. The number of amides is 2. The van der Waals surface area contributed by atoms with Crippen molar-refractivity contribution < 1.29 is 23.6 Å². The first kappa shape index (κ1) is 22.5. The summed E-state index contributed by atoms with van der Waals surface area (Å²) in [7, 11) is 1.59. The molecule has 0 radical (unpaired) electrons. The molecule has 1 saturated heterocycles. The van der Waals surface area contributed by atoms with Crippen LogP contribution in [0.15, 0.2) is 65.2 Å². The second kappa shape index (κ2) is 10.8. The Hall–Kier alpha value is -3.69. The summed E-state index contributed by atoms with van der Waals surface area (Å²) in [6, 6.07) is 18.3. The maximum atomic E-state index is 13.3. The van der Waals surface area contributed by atoms with E-state index in [1.807, 2.05) is 42.5 Å². The van der Waals surface area contributed by atoms with Crippen LogP contribution in [-0.4, -0.2) is 66.8 Å². The van der Waals surface area contributed by atoms with Gasteiger partial charge in [0.2, 0.25) is 0 Å². The Morgan fingerprint density at radius 2 is 1.82 bits per heavy atom. The van der Waals surface area contributed by atoms with Gasteiger partial charge in [0, 0.05) is 31.3 Å². The lowest BCUT2D eigenvalue weighted by Crippen LogP contribution is -2.51. The maximum Gasteiger partial charge on any atom is 0.276 e. The predicted octanol–water partition coefficient (Wildman–Crippen LogP) is 2.36. The standard InChI is InChI=1S/C24H26N4O5/c1-31-20-9-7-19(8-10-20)22-15-21(26-33-22)24(30)27(16-18-5-3-2-4-6-18)17-23(29)25-28-11-13-32-14-12-28/h2-10,15H,11-14,16-17H2,1H3,(H,25,29). The van der Waals surface area contributed by atoms with E-state index < -0.39 is 0 Å². The van der Waals surface area contributed by atoms with Gasteiger partial charge in [-0.15, -0.1) is 0 Å². The zero-order valence-corrected chi connectivity index (χ0v) is 18.4. The van der Waals surface area contributed by atoms with E-state index in [1.165, 1.54) is 4.90 Å². The topological polar surface area (TPSA) is 97.1 Å². The minimum atomic E-state index is -0.389. The van der Waals surface area contributed by atoms with Gasteiger partial charge in [0.15, 0.2) is 11.5 Å². The van der Waals surface area contributed by atoms with Crippen molar-refractivity contribution in [3.05, 3.63) is 71.9 Å². The van der Waals surface area contributed by atoms with Crippen molar-refractivity contribution in [3.63, 3.8) is 0 Å². The first-order valence-corrected chi connectivity index (χ1v) is 10.7. The number of ether oxygens (including phenoxy) is 2. The highest BCUT2D eigenvalue weighted by Crippen LogP contribution is 2.24. The van der Waals surface area contributed by atoms with Gasteiger partial charge in [0.05, 0.1) is 20.3 Å². The second-order valence-corrected chi connectivity index (χ2v) is 7.59. The van der Waals surface area contributed by atoms with E-state index in [0.717, 1.165) is 16.9 Å². The molecule has 4 rings (SSSR count). The van der Waals surface area contributed by atoms with Crippen LogP contribution in [0.25, 0.3) is 11.3 Å². The quantitative estimate of drug-likeness (QED) is 0.563. The summed E-state index contributed by atoms with van der Waals surface area (Å²) in [6.45, 7) is 2.47. The lowest BCUT2D eigenvalue weighted by atomic mass is 10.1. The van der Waals surface area contributed by atoms with E-state index in [-0.39, 0.29) is 30.6 Å². The van der Waals surface area contributed by atoms with Gasteiger partial charge < -0.3 is 18.9 Å². The van der Waals surface area contributed by atoms with Crippen molar-refractivity contribution in [1.82, 2.24) is 20.5 Å². The Morgan fingerprint density at radius 3 is 2.52 bits per heavy atom. The number of hydrazine groups is 1. The molecule has 2 aromatic carbocycles. The van der Waals surface area contributed by atoms with E-state index in [9.17, 15) is 9.59 Å². The number of methoxy groups -OCH3 is 1. The summed E-state index contributed by atoms with van der Waals surface area (Å²) < 4.78 is 15.9. The molecule has 0 aliphatic carbocycles. The highest BCUT2D eigenvalue weighted by Gasteiger charge is 2.24. The molecular weight excluding hydrogens is 424 g/mol. The largest absolute Gasteiger partial charge is 0.497 e. The lowest BCUT2D eigenvalue weighted by molar-refractivity contribution is -0.128. The van der Waals surface area contributed by atoms with Gasteiger partial charge in [-0.1, -0.05) is 35.5 Å². The third-order valence-corrected chi connectivity index (χ3v) is 5.24. The summed E-state index contributed by atoms with van der Waals surface area (Å²) in [5, 5.41) is 5.76. The number of carbonyl (C=O) groups excluding carboxylic acids is 2. The Labute approximate surface area is 191 Å². The van der Waals surface area contributed by atoms with Gasteiger partial charge in [0.25, 0.3) is 11.8 Å². The maximum absolute atomic E-state index is 13.3. The Kier molecular flexibility index (Phi) is 7.33. The molecule has 3 aromatic rings. The number of benzene rings is 2. The number of carbonyl (C=O) groups is 2. The highest BCUT2D eigenvalue weighted by molar-refractivity contribution is 5.95. The molecular formula is C24H26N4O5. The zero-order chi connectivity index (χ0) is 23.0. The van der Waals surface area contributed by atoms with Gasteiger partial charge in [-0.05, 0) is 29.8 Å². The van der Waals surface area contributed by atoms with Gasteiger partial charge in [0.1, 0.15) is 12.3 Å². The lowest BCUT2D eigenvalue weighted by Gasteiger charge is -2.28. The molecule has 1 fully saturated rings. The Balaban J connectivity index is 1.49. The predicted molar refractivity (Wildman–Crippen MR) is 120 cm³/mol. The average molecular weight is 450 g/mol. The van der Waals surface area contributed by atoms with Crippen LogP contribution in [0.4, 0.5) is 0 Å². The van der Waals surface area contributed by atoms with E-state index >= 15 is 0 Å². The van der Waals surface area contributed by atoms with Crippen LogP contribution >= 0.6 is 0 Å². The fraction of sp³-hybridized carbons (Fsp3) is 0.292. The molecule has 1 aliphatic heterocycles. The van der Waals surface area contributed by atoms with Crippen LogP contribution in [0, 0.1) is 0 Å². The van der Waals surface area contributed by atoms with Gasteiger partial charge in [-0.25, -0.2) is 5.01 Å². The van der Waals surface area contributed by atoms with Crippen LogP contribution in [0.1, 0.15) is 16.1 Å². The molecule has 2 heterocycles. The average Bonchev–Trinajstić information content (AvgIpc) is 3.35. The molecule has 0 saturated carbocycles. The first-order chi connectivity index (χ1) is 16.1. The second-order valence-electron chi connectivity index (χ2n) is 7.59. The molecule has 1 aromatic heterocycles. The molecule has 0 spiro atoms. The van der Waals surface area contributed by atoms with Crippen LogP contribution in [0.5, 0.6) is 5.75 Å².